The zero-order valence-electron chi connectivity index (χ0n) is 11.7. The first-order valence-corrected chi connectivity index (χ1v) is 6.80. The first-order chi connectivity index (χ1) is 9.60. The molecule has 5 heteroatoms. The van der Waals surface area contributed by atoms with Gasteiger partial charge in [0.15, 0.2) is 0 Å². The van der Waals surface area contributed by atoms with E-state index in [-0.39, 0.29) is 6.42 Å². The molecule has 0 radical (unpaired) electrons. The number of nitrogens with zero attached hydrogens (tertiary/aromatic N) is 3. The summed E-state index contributed by atoms with van der Waals surface area (Å²) in [7, 11) is 0. The molecule has 1 heterocycles. The summed E-state index contributed by atoms with van der Waals surface area (Å²) in [6, 6.07) is 8.10. The normalized spacial score (nSPS) is 15.9. The lowest BCUT2D eigenvalue weighted by molar-refractivity contribution is -0.137. The van der Waals surface area contributed by atoms with E-state index in [9.17, 15) is 10.1 Å². The summed E-state index contributed by atoms with van der Waals surface area (Å²) in [5.74, 6) is -0.752. The molecule has 1 N–H and O–H groups in total. The summed E-state index contributed by atoms with van der Waals surface area (Å²) in [4.78, 5) is 14.9. The van der Waals surface area contributed by atoms with Crippen LogP contribution in [0.1, 0.15) is 17.5 Å². The standard InChI is InChI=1S/C15H19N3O2/c1-12-2-3-13(11-16)14(10-12)18-8-6-17(7-9-18)5-4-15(19)20/h2-3,10H,4-9H2,1H3,(H,19,20). The average molecular weight is 273 g/mol. The molecule has 0 aliphatic carbocycles. The fourth-order valence-electron chi connectivity index (χ4n) is 2.46. The largest absolute Gasteiger partial charge is 0.481 e. The van der Waals surface area contributed by atoms with Crippen molar-refractivity contribution >= 4 is 11.7 Å². The number of anilines is 1. The molecule has 0 spiro atoms. The lowest BCUT2D eigenvalue weighted by Crippen LogP contribution is -2.47. The molecule has 1 fully saturated rings. The fraction of sp³-hybridized carbons (Fsp3) is 0.467. The van der Waals surface area contributed by atoms with Gasteiger partial charge in [0.2, 0.25) is 0 Å². The number of nitriles is 1. The number of carboxylic acids is 1. The molecule has 20 heavy (non-hydrogen) atoms. The molecule has 0 amide bonds. The monoisotopic (exact) mass is 273 g/mol. The summed E-state index contributed by atoms with van der Waals surface area (Å²) < 4.78 is 0. The van der Waals surface area contributed by atoms with Crippen LogP contribution in [0, 0.1) is 18.3 Å². The Kier molecular flexibility index (Phi) is 4.59. The third-order valence-corrected chi connectivity index (χ3v) is 3.63. The van der Waals surface area contributed by atoms with Crippen molar-refractivity contribution in [1.82, 2.24) is 4.90 Å². The van der Waals surface area contributed by atoms with Crippen LogP contribution in [0.5, 0.6) is 0 Å². The topological polar surface area (TPSA) is 67.6 Å². The lowest BCUT2D eigenvalue weighted by atomic mass is 10.1. The number of piperazine rings is 1. The molecular formula is C15H19N3O2. The second-order valence-electron chi connectivity index (χ2n) is 5.10. The number of benzene rings is 1. The molecule has 0 atom stereocenters. The van der Waals surface area contributed by atoms with Gasteiger partial charge in [-0.2, -0.15) is 5.26 Å². The van der Waals surface area contributed by atoms with E-state index in [0.29, 0.717) is 12.1 Å². The first-order valence-electron chi connectivity index (χ1n) is 6.80. The summed E-state index contributed by atoms with van der Waals surface area (Å²) in [5, 5.41) is 17.9. The predicted octanol–water partition coefficient (Wildman–Crippen LogP) is 1.46. The lowest BCUT2D eigenvalue weighted by Gasteiger charge is -2.36. The third-order valence-electron chi connectivity index (χ3n) is 3.63. The molecule has 106 valence electrons. The number of rotatable bonds is 4. The van der Waals surface area contributed by atoms with Crippen molar-refractivity contribution in [3.63, 3.8) is 0 Å². The summed E-state index contributed by atoms with van der Waals surface area (Å²) >= 11 is 0. The van der Waals surface area contributed by atoms with Gasteiger partial charge in [0.25, 0.3) is 0 Å². The zero-order chi connectivity index (χ0) is 14.5. The Morgan fingerprint density at radius 1 is 1.35 bits per heavy atom. The van der Waals surface area contributed by atoms with Crippen LogP contribution in [-0.2, 0) is 4.79 Å². The highest BCUT2D eigenvalue weighted by Crippen LogP contribution is 2.23. The number of hydrogen-bond acceptors (Lipinski definition) is 4. The van der Waals surface area contributed by atoms with Gasteiger partial charge in [-0.1, -0.05) is 6.07 Å². The van der Waals surface area contributed by atoms with Crippen LogP contribution in [0.25, 0.3) is 0 Å². The Bertz CT molecular complexity index is 528. The van der Waals surface area contributed by atoms with Gasteiger partial charge < -0.3 is 10.0 Å². The maximum Gasteiger partial charge on any atom is 0.304 e. The third kappa shape index (κ3) is 3.49. The van der Waals surface area contributed by atoms with E-state index in [1.807, 2.05) is 25.1 Å². The van der Waals surface area contributed by atoms with Crippen molar-refractivity contribution in [3.8, 4) is 6.07 Å². The van der Waals surface area contributed by atoms with Gasteiger partial charge in [-0.3, -0.25) is 9.69 Å². The minimum absolute atomic E-state index is 0.188. The fourth-order valence-corrected chi connectivity index (χ4v) is 2.46. The van der Waals surface area contributed by atoms with Gasteiger partial charge in [-0.25, -0.2) is 0 Å². The van der Waals surface area contributed by atoms with Crippen LogP contribution in [0.15, 0.2) is 18.2 Å². The van der Waals surface area contributed by atoms with E-state index in [0.717, 1.165) is 37.4 Å². The Labute approximate surface area is 119 Å². The number of carboxylic acid groups (broad SMARTS) is 1. The first kappa shape index (κ1) is 14.4. The van der Waals surface area contributed by atoms with Gasteiger partial charge >= 0.3 is 5.97 Å². The van der Waals surface area contributed by atoms with Crippen LogP contribution in [0.4, 0.5) is 5.69 Å². The number of carbonyl (C=O) groups is 1. The summed E-state index contributed by atoms with van der Waals surface area (Å²) in [6.45, 7) is 5.96. The molecule has 1 aromatic rings. The van der Waals surface area contributed by atoms with Crippen LogP contribution in [0.2, 0.25) is 0 Å². The minimum atomic E-state index is -0.752. The van der Waals surface area contributed by atoms with Gasteiger partial charge in [0.1, 0.15) is 6.07 Å². The zero-order valence-corrected chi connectivity index (χ0v) is 11.7. The van der Waals surface area contributed by atoms with Gasteiger partial charge in [-0.15, -0.1) is 0 Å². The van der Waals surface area contributed by atoms with Crippen molar-refractivity contribution in [2.45, 2.75) is 13.3 Å². The Hall–Kier alpha value is -2.06. The second-order valence-corrected chi connectivity index (χ2v) is 5.10. The van der Waals surface area contributed by atoms with E-state index >= 15 is 0 Å². The number of hydrogen-bond donors (Lipinski definition) is 1. The maximum atomic E-state index is 10.6. The second kappa shape index (κ2) is 6.40. The molecule has 5 nitrogen and oxygen atoms in total. The molecule has 0 bridgehead atoms. The average Bonchev–Trinajstić information content (AvgIpc) is 2.45. The van der Waals surface area contributed by atoms with Crippen molar-refractivity contribution in [2.75, 3.05) is 37.6 Å². The predicted molar refractivity (Wildman–Crippen MR) is 76.8 cm³/mol. The van der Waals surface area contributed by atoms with Crippen LogP contribution < -0.4 is 4.90 Å². The minimum Gasteiger partial charge on any atom is -0.481 e. The highest BCUT2D eigenvalue weighted by Gasteiger charge is 2.19. The van der Waals surface area contributed by atoms with E-state index in [1.165, 1.54) is 0 Å². The smallest absolute Gasteiger partial charge is 0.304 e. The van der Waals surface area contributed by atoms with Crippen molar-refractivity contribution < 1.29 is 9.90 Å². The molecule has 2 rings (SSSR count). The van der Waals surface area contributed by atoms with Crippen molar-refractivity contribution in [3.05, 3.63) is 29.3 Å². The molecule has 1 aromatic carbocycles. The Morgan fingerprint density at radius 2 is 2.05 bits per heavy atom. The molecule has 0 unspecified atom stereocenters. The summed E-state index contributed by atoms with van der Waals surface area (Å²) in [5.41, 5.74) is 2.84. The SMILES string of the molecule is Cc1ccc(C#N)c(N2CCN(CCC(=O)O)CC2)c1. The van der Waals surface area contributed by atoms with Crippen LogP contribution >= 0.6 is 0 Å². The number of aryl methyl sites for hydroxylation is 1. The van der Waals surface area contributed by atoms with E-state index in [4.69, 9.17) is 5.11 Å². The van der Waals surface area contributed by atoms with Crippen molar-refractivity contribution in [2.24, 2.45) is 0 Å². The molecule has 1 saturated heterocycles. The molecule has 1 aliphatic rings. The van der Waals surface area contributed by atoms with Gasteiger partial charge in [0.05, 0.1) is 17.7 Å². The number of aliphatic carboxylic acids is 1. The quantitative estimate of drug-likeness (QED) is 0.899. The van der Waals surface area contributed by atoms with Gasteiger partial charge in [-0.05, 0) is 24.6 Å². The van der Waals surface area contributed by atoms with Gasteiger partial charge in [0, 0.05) is 32.7 Å². The molecular weight excluding hydrogens is 254 g/mol. The highest BCUT2D eigenvalue weighted by molar-refractivity contribution is 5.66. The van der Waals surface area contributed by atoms with E-state index < -0.39 is 5.97 Å². The highest BCUT2D eigenvalue weighted by atomic mass is 16.4. The Morgan fingerprint density at radius 3 is 2.65 bits per heavy atom. The van der Waals surface area contributed by atoms with Crippen LogP contribution in [0.3, 0.4) is 0 Å². The molecule has 0 aromatic heterocycles. The molecule has 1 aliphatic heterocycles. The molecule has 0 saturated carbocycles. The van der Waals surface area contributed by atoms with Crippen molar-refractivity contribution in [1.29, 1.82) is 5.26 Å². The van der Waals surface area contributed by atoms with Crippen LogP contribution in [-0.4, -0.2) is 48.7 Å². The Balaban J connectivity index is 1.99. The van der Waals surface area contributed by atoms with E-state index in [1.54, 1.807) is 0 Å². The summed E-state index contributed by atoms with van der Waals surface area (Å²) in [6.07, 6.45) is 0.188. The maximum absolute atomic E-state index is 10.6. The van der Waals surface area contributed by atoms with E-state index in [2.05, 4.69) is 15.9 Å².